The van der Waals surface area contributed by atoms with Crippen molar-refractivity contribution in [1.29, 1.82) is 0 Å². The number of nitrogens with two attached hydrogens (primary N) is 1. The van der Waals surface area contributed by atoms with E-state index in [2.05, 4.69) is 40.0 Å². The molecule has 0 aromatic carbocycles. The lowest BCUT2D eigenvalue weighted by molar-refractivity contribution is -0.411. The lowest BCUT2D eigenvalue weighted by Gasteiger charge is -2.48. The fourth-order valence-electron chi connectivity index (χ4n) is 5.14. The van der Waals surface area contributed by atoms with Crippen molar-refractivity contribution < 1.29 is 19.0 Å². The van der Waals surface area contributed by atoms with E-state index in [-0.39, 0.29) is 5.41 Å². The Morgan fingerprint density at radius 3 is 1.33 bits per heavy atom. The molecule has 0 fully saturated rings. The Kier molecular flexibility index (Phi) is 25.3. The summed E-state index contributed by atoms with van der Waals surface area (Å²) in [5.74, 6) is -0.748. The highest BCUT2D eigenvalue weighted by molar-refractivity contribution is 5.84. The molecule has 1 amide bonds. The molecule has 1 unspecified atom stereocenters. The Bertz CT molecular complexity index is 497. The van der Waals surface area contributed by atoms with E-state index in [1.165, 1.54) is 96.3 Å². The summed E-state index contributed by atoms with van der Waals surface area (Å²) >= 11 is 0. The van der Waals surface area contributed by atoms with E-state index in [0.29, 0.717) is 5.92 Å². The minimum absolute atomic E-state index is 0.0809. The van der Waals surface area contributed by atoms with Gasteiger partial charge in [-0.1, -0.05) is 131 Å². The van der Waals surface area contributed by atoms with Crippen molar-refractivity contribution in [3.63, 3.8) is 0 Å². The minimum Gasteiger partial charge on any atom is -0.366 e. The maximum absolute atomic E-state index is 9.47. The number of rotatable bonds is 24. The van der Waals surface area contributed by atoms with E-state index in [4.69, 9.17) is 14.2 Å². The van der Waals surface area contributed by atoms with Crippen LogP contribution < -0.4 is 5.73 Å². The Balaban J connectivity index is 0. The van der Waals surface area contributed by atoms with E-state index in [1.807, 2.05) is 0 Å². The van der Waals surface area contributed by atoms with Crippen LogP contribution in [0.15, 0.2) is 12.7 Å². The Hall–Kier alpha value is -0.910. The van der Waals surface area contributed by atoms with Gasteiger partial charge in [0.2, 0.25) is 5.91 Å². The van der Waals surface area contributed by atoms with Crippen LogP contribution in [0, 0.1) is 11.3 Å². The molecule has 0 radical (unpaired) electrons. The molecule has 0 spiro atoms. The van der Waals surface area contributed by atoms with Gasteiger partial charge in [-0.15, -0.1) is 0 Å². The maximum atomic E-state index is 9.47. The Morgan fingerprint density at radius 1 is 0.722 bits per heavy atom. The summed E-state index contributed by atoms with van der Waals surface area (Å²) in [6, 6.07) is 0. The van der Waals surface area contributed by atoms with Gasteiger partial charge in [-0.2, -0.15) is 0 Å². The molecule has 0 aliphatic heterocycles. The average Bonchev–Trinajstić information content (AvgIpc) is 2.87. The zero-order valence-corrected chi connectivity index (χ0v) is 25.3. The van der Waals surface area contributed by atoms with Crippen LogP contribution in [-0.2, 0) is 19.0 Å². The van der Waals surface area contributed by atoms with Crippen LogP contribution in [0.4, 0.5) is 0 Å². The zero-order chi connectivity index (χ0) is 27.7. The number of carbonyl (C=O) groups is 1. The molecule has 1 atom stereocenters. The van der Waals surface area contributed by atoms with Gasteiger partial charge in [-0.3, -0.25) is 4.79 Å². The van der Waals surface area contributed by atoms with Crippen LogP contribution in [0.1, 0.15) is 143 Å². The van der Waals surface area contributed by atoms with E-state index in [1.54, 1.807) is 21.3 Å². The largest absolute Gasteiger partial charge is 0.366 e. The van der Waals surface area contributed by atoms with Crippen LogP contribution in [0.3, 0.4) is 0 Å². The molecule has 0 aromatic heterocycles. The van der Waals surface area contributed by atoms with E-state index in [0.717, 1.165) is 25.3 Å². The Morgan fingerprint density at radius 2 is 1.06 bits per heavy atom. The van der Waals surface area contributed by atoms with E-state index in [9.17, 15) is 4.79 Å². The van der Waals surface area contributed by atoms with Gasteiger partial charge in [0, 0.05) is 21.3 Å². The molecule has 0 saturated heterocycles. The maximum Gasteiger partial charge on any atom is 0.288 e. The highest BCUT2D eigenvalue weighted by atomic mass is 16.9. The monoisotopic (exact) mass is 513 g/mol. The molecule has 0 aromatic rings. The lowest BCUT2D eigenvalue weighted by Crippen LogP contribution is -2.53. The van der Waals surface area contributed by atoms with Crippen LogP contribution in [-0.4, -0.2) is 33.2 Å². The van der Waals surface area contributed by atoms with Crippen molar-refractivity contribution in [2.24, 2.45) is 17.1 Å². The van der Waals surface area contributed by atoms with Crippen LogP contribution >= 0.6 is 0 Å². The summed E-state index contributed by atoms with van der Waals surface area (Å²) in [6.07, 6.45) is 24.2. The van der Waals surface area contributed by atoms with Gasteiger partial charge in [-0.25, -0.2) is 0 Å². The number of hydrogen-bond donors (Lipinski definition) is 1. The predicted molar refractivity (Wildman–Crippen MR) is 155 cm³/mol. The molecule has 0 aliphatic carbocycles. The smallest absolute Gasteiger partial charge is 0.288 e. The first-order chi connectivity index (χ1) is 17.2. The first kappa shape index (κ1) is 37.2. The average molecular weight is 514 g/mol. The molecule has 5 nitrogen and oxygen atoms in total. The first-order valence-electron chi connectivity index (χ1n) is 14.8. The second-order valence-corrected chi connectivity index (χ2v) is 10.7. The van der Waals surface area contributed by atoms with Gasteiger partial charge in [0.1, 0.15) is 0 Å². The number of unbranched alkanes of at least 4 members (excludes halogenated alkanes) is 12. The lowest BCUT2D eigenvalue weighted by atomic mass is 9.71. The van der Waals surface area contributed by atoms with Crippen molar-refractivity contribution >= 4 is 5.91 Å². The third-order valence-corrected chi connectivity index (χ3v) is 7.37. The highest BCUT2D eigenvalue weighted by Gasteiger charge is 2.52. The standard InChI is InChI=1S/C28H58O3.C3H5NO/c1-8-10-12-14-16-17-19-21-24-27(25-22-26(3)4,28(29-5,30-6)31-7)23-20-18-15-13-11-9-2;1-2-3(4)5/h26H,8-25H2,1-7H3;2H,1H2,(H2,4,5). The molecule has 0 rings (SSSR count). The number of carbonyl (C=O) groups excluding carboxylic acids is 1. The second-order valence-electron chi connectivity index (χ2n) is 10.7. The molecular weight excluding hydrogens is 450 g/mol. The summed E-state index contributed by atoms with van der Waals surface area (Å²) < 4.78 is 18.0. The molecule has 5 heteroatoms. The summed E-state index contributed by atoms with van der Waals surface area (Å²) in [7, 11) is 5.27. The van der Waals surface area contributed by atoms with Crippen molar-refractivity contribution in [3.05, 3.63) is 12.7 Å². The number of ether oxygens (including phenoxy) is 3. The third-order valence-electron chi connectivity index (χ3n) is 7.37. The molecule has 0 bridgehead atoms. The summed E-state index contributed by atoms with van der Waals surface area (Å²) in [4.78, 5) is 9.47. The molecular formula is C31H63NO4. The van der Waals surface area contributed by atoms with Gasteiger partial charge < -0.3 is 19.9 Å². The number of amides is 1. The van der Waals surface area contributed by atoms with Crippen LogP contribution in [0.25, 0.3) is 0 Å². The molecule has 0 heterocycles. The van der Waals surface area contributed by atoms with Crippen molar-refractivity contribution in [2.75, 3.05) is 21.3 Å². The summed E-state index contributed by atoms with van der Waals surface area (Å²) in [6.45, 7) is 12.3. The fraction of sp³-hybridized carbons (Fsp3) is 0.903. The van der Waals surface area contributed by atoms with Gasteiger partial charge in [0.15, 0.2) is 0 Å². The van der Waals surface area contributed by atoms with E-state index >= 15 is 0 Å². The van der Waals surface area contributed by atoms with Gasteiger partial charge in [-0.05, 0) is 31.3 Å². The second kappa shape index (κ2) is 24.4. The molecule has 216 valence electrons. The fourth-order valence-corrected chi connectivity index (χ4v) is 5.14. The normalized spacial score (nSPS) is 13.2. The summed E-state index contributed by atoms with van der Waals surface area (Å²) in [5, 5.41) is 0. The van der Waals surface area contributed by atoms with Crippen LogP contribution in [0.5, 0.6) is 0 Å². The number of methoxy groups -OCH3 is 3. The SMILES string of the molecule is C=CC(N)=O.CCCCCCCCCCC(CCCCCCCC)(CCC(C)C)C(OC)(OC)OC. The van der Waals surface area contributed by atoms with Crippen molar-refractivity contribution in [3.8, 4) is 0 Å². The predicted octanol–water partition coefficient (Wildman–Crippen LogP) is 8.94. The molecule has 36 heavy (non-hydrogen) atoms. The zero-order valence-electron chi connectivity index (χ0n) is 25.3. The molecule has 0 saturated carbocycles. The quantitative estimate of drug-likeness (QED) is 0.0794. The van der Waals surface area contributed by atoms with Crippen LogP contribution in [0.2, 0.25) is 0 Å². The van der Waals surface area contributed by atoms with Crippen molar-refractivity contribution in [2.45, 2.75) is 149 Å². The topological polar surface area (TPSA) is 70.8 Å². The Labute approximate surface area is 225 Å². The highest BCUT2D eigenvalue weighted by Crippen LogP contribution is 2.49. The number of primary amides is 1. The first-order valence-corrected chi connectivity index (χ1v) is 14.8. The van der Waals surface area contributed by atoms with E-state index < -0.39 is 11.9 Å². The minimum atomic E-state index is -0.938. The van der Waals surface area contributed by atoms with Crippen molar-refractivity contribution in [1.82, 2.24) is 0 Å². The summed E-state index contributed by atoms with van der Waals surface area (Å²) in [5.41, 5.74) is 4.45. The van der Waals surface area contributed by atoms with Gasteiger partial charge in [0.05, 0.1) is 5.41 Å². The molecule has 0 aliphatic rings. The van der Waals surface area contributed by atoms with Gasteiger partial charge in [0.25, 0.3) is 5.97 Å². The number of hydrogen-bond acceptors (Lipinski definition) is 4. The molecule has 2 N–H and O–H groups in total. The third kappa shape index (κ3) is 16.8. The van der Waals surface area contributed by atoms with Gasteiger partial charge >= 0.3 is 0 Å².